The molecule has 0 amide bonds. The maximum atomic E-state index is 10.8. The predicted molar refractivity (Wildman–Crippen MR) is 89.4 cm³/mol. The van der Waals surface area contributed by atoms with Crippen LogP contribution in [0.4, 0.5) is 0 Å². The molecule has 6 heteroatoms. The molecule has 2 rings (SSSR count). The van der Waals surface area contributed by atoms with E-state index in [2.05, 4.69) is 0 Å². The van der Waals surface area contributed by atoms with Gasteiger partial charge in [0.1, 0.15) is 5.75 Å². The molecule has 1 N–H and O–H groups in total. The van der Waals surface area contributed by atoms with Crippen LogP contribution in [0.25, 0.3) is 11.1 Å². The zero-order chi connectivity index (χ0) is 16.3. The molecule has 2 aromatic carbocycles. The standard InChI is InChI=1S/C16H13Cl3O3/c1-22-15-8-14(19)11(6-9(15)2-5-16(20)21)12-7-10(17)3-4-13(12)18/h3-4,6-8H,2,5H2,1H3,(H,20,21). The van der Waals surface area contributed by atoms with Crippen LogP contribution in [-0.2, 0) is 11.2 Å². The molecule has 0 aliphatic heterocycles. The Morgan fingerprint density at radius 1 is 1.09 bits per heavy atom. The highest BCUT2D eigenvalue weighted by Crippen LogP contribution is 2.38. The maximum Gasteiger partial charge on any atom is 0.303 e. The minimum absolute atomic E-state index is 0.000705. The number of aryl methyl sites for hydroxylation is 1. The third-order valence-corrected chi connectivity index (χ3v) is 4.07. The second-order valence-electron chi connectivity index (χ2n) is 4.66. The summed E-state index contributed by atoms with van der Waals surface area (Å²) in [4.78, 5) is 10.8. The average Bonchev–Trinajstić information content (AvgIpc) is 2.48. The summed E-state index contributed by atoms with van der Waals surface area (Å²) in [5.41, 5.74) is 2.13. The topological polar surface area (TPSA) is 46.5 Å². The number of carbonyl (C=O) groups is 1. The average molecular weight is 360 g/mol. The highest BCUT2D eigenvalue weighted by molar-refractivity contribution is 6.37. The van der Waals surface area contributed by atoms with Gasteiger partial charge in [0, 0.05) is 27.6 Å². The van der Waals surface area contributed by atoms with Crippen molar-refractivity contribution in [1.29, 1.82) is 0 Å². The van der Waals surface area contributed by atoms with Crippen LogP contribution in [0, 0.1) is 0 Å². The zero-order valence-corrected chi connectivity index (χ0v) is 14.0. The summed E-state index contributed by atoms with van der Waals surface area (Å²) in [6.07, 6.45) is 0.335. The summed E-state index contributed by atoms with van der Waals surface area (Å²) < 4.78 is 5.27. The van der Waals surface area contributed by atoms with Crippen LogP contribution in [0.3, 0.4) is 0 Å². The monoisotopic (exact) mass is 358 g/mol. The van der Waals surface area contributed by atoms with Crippen molar-refractivity contribution >= 4 is 40.8 Å². The molecule has 0 aliphatic carbocycles. The molecule has 0 aromatic heterocycles. The van der Waals surface area contributed by atoms with Gasteiger partial charge in [0.15, 0.2) is 0 Å². The van der Waals surface area contributed by atoms with Gasteiger partial charge in [-0.2, -0.15) is 0 Å². The first kappa shape index (κ1) is 16.9. The number of hydrogen-bond acceptors (Lipinski definition) is 2. The Morgan fingerprint density at radius 2 is 1.77 bits per heavy atom. The van der Waals surface area contributed by atoms with Gasteiger partial charge in [-0.1, -0.05) is 34.8 Å². The highest BCUT2D eigenvalue weighted by Gasteiger charge is 2.14. The zero-order valence-electron chi connectivity index (χ0n) is 11.7. The van der Waals surface area contributed by atoms with Gasteiger partial charge in [0.2, 0.25) is 0 Å². The number of carboxylic acid groups (broad SMARTS) is 1. The molecule has 0 atom stereocenters. The van der Waals surface area contributed by atoms with Gasteiger partial charge in [-0.05, 0) is 42.3 Å². The molecule has 2 aromatic rings. The molecular formula is C16H13Cl3O3. The molecule has 22 heavy (non-hydrogen) atoms. The minimum atomic E-state index is -0.876. The van der Waals surface area contributed by atoms with Crippen LogP contribution in [0.2, 0.25) is 15.1 Å². The molecule has 0 bridgehead atoms. The number of benzene rings is 2. The minimum Gasteiger partial charge on any atom is -0.496 e. The number of halogens is 3. The van der Waals surface area contributed by atoms with Crippen LogP contribution in [0.1, 0.15) is 12.0 Å². The second-order valence-corrected chi connectivity index (χ2v) is 5.91. The summed E-state index contributed by atoms with van der Waals surface area (Å²) in [5, 5.41) is 10.4. The van der Waals surface area contributed by atoms with Crippen LogP contribution in [0.15, 0.2) is 30.3 Å². The van der Waals surface area contributed by atoms with Crippen molar-refractivity contribution in [2.24, 2.45) is 0 Å². The molecule has 0 saturated heterocycles. The maximum absolute atomic E-state index is 10.8. The van der Waals surface area contributed by atoms with Crippen molar-refractivity contribution < 1.29 is 14.6 Å². The molecule has 0 saturated carbocycles. The van der Waals surface area contributed by atoms with E-state index in [1.165, 1.54) is 7.11 Å². The lowest BCUT2D eigenvalue weighted by Crippen LogP contribution is -2.00. The third kappa shape index (κ3) is 3.86. The lowest BCUT2D eigenvalue weighted by atomic mass is 9.99. The molecule has 0 unspecified atom stereocenters. The van der Waals surface area contributed by atoms with Crippen molar-refractivity contribution in [2.75, 3.05) is 7.11 Å². The summed E-state index contributed by atoms with van der Waals surface area (Å²) in [6.45, 7) is 0. The summed E-state index contributed by atoms with van der Waals surface area (Å²) in [7, 11) is 1.52. The molecule has 0 fully saturated rings. The molecule has 0 radical (unpaired) electrons. The SMILES string of the molecule is COc1cc(Cl)c(-c2cc(Cl)ccc2Cl)cc1CCC(=O)O. The predicted octanol–water partition coefficient (Wildman–Crippen LogP) is 5.34. The largest absolute Gasteiger partial charge is 0.496 e. The number of methoxy groups -OCH3 is 1. The van der Waals surface area contributed by atoms with E-state index < -0.39 is 5.97 Å². The van der Waals surface area contributed by atoms with E-state index in [1.54, 1.807) is 30.3 Å². The van der Waals surface area contributed by atoms with E-state index >= 15 is 0 Å². The van der Waals surface area contributed by atoms with Crippen LogP contribution < -0.4 is 4.74 Å². The summed E-state index contributed by atoms with van der Waals surface area (Å²) >= 11 is 18.5. The van der Waals surface area contributed by atoms with E-state index in [0.29, 0.717) is 38.4 Å². The second kappa shape index (κ2) is 7.23. The van der Waals surface area contributed by atoms with Gasteiger partial charge in [0.25, 0.3) is 0 Å². The first-order chi connectivity index (χ1) is 10.4. The Labute approximate surface area is 143 Å². The van der Waals surface area contributed by atoms with Crippen molar-refractivity contribution in [2.45, 2.75) is 12.8 Å². The third-order valence-electron chi connectivity index (χ3n) is 3.20. The Kier molecular flexibility index (Phi) is 5.57. The van der Waals surface area contributed by atoms with E-state index in [1.807, 2.05) is 0 Å². The molecule has 0 spiro atoms. The molecule has 116 valence electrons. The number of rotatable bonds is 5. The van der Waals surface area contributed by atoms with Gasteiger partial charge in [0.05, 0.1) is 12.1 Å². The van der Waals surface area contributed by atoms with Gasteiger partial charge in [-0.3, -0.25) is 4.79 Å². The Hall–Kier alpha value is -1.42. The highest BCUT2D eigenvalue weighted by atomic mass is 35.5. The Morgan fingerprint density at radius 3 is 2.41 bits per heavy atom. The molecule has 0 aliphatic rings. The lowest BCUT2D eigenvalue weighted by molar-refractivity contribution is -0.136. The first-order valence-corrected chi connectivity index (χ1v) is 7.59. The van der Waals surface area contributed by atoms with Crippen molar-refractivity contribution in [3.05, 3.63) is 51.0 Å². The molecule has 3 nitrogen and oxygen atoms in total. The number of carboxylic acids is 1. The van der Waals surface area contributed by atoms with Gasteiger partial charge < -0.3 is 9.84 Å². The van der Waals surface area contributed by atoms with E-state index in [-0.39, 0.29) is 6.42 Å². The van der Waals surface area contributed by atoms with Gasteiger partial charge in [-0.25, -0.2) is 0 Å². The van der Waals surface area contributed by atoms with E-state index in [0.717, 1.165) is 5.56 Å². The van der Waals surface area contributed by atoms with Crippen LogP contribution in [0.5, 0.6) is 5.75 Å². The van der Waals surface area contributed by atoms with Crippen LogP contribution >= 0.6 is 34.8 Å². The van der Waals surface area contributed by atoms with Gasteiger partial charge >= 0.3 is 5.97 Å². The first-order valence-electron chi connectivity index (χ1n) is 6.46. The van der Waals surface area contributed by atoms with Crippen molar-refractivity contribution in [3.8, 4) is 16.9 Å². The number of hydrogen-bond donors (Lipinski definition) is 1. The van der Waals surface area contributed by atoms with E-state index in [4.69, 9.17) is 44.6 Å². The number of aliphatic carboxylic acids is 1. The lowest BCUT2D eigenvalue weighted by Gasteiger charge is -2.13. The Balaban J connectivity index is 2.53. The summed E-state index contributed by atoms with van der Waals surface area (Å²) in [5.74, 6) is -0.326. The van der Waals surface area contributed by atoms with Gasteiger partial charge in [-0.15, -0.1) is 0 Å². The van der Waals surface area contributed by atoms with Crippen molar-refractivity contribution in [1.82, 2.24) is 0 Å². The fraction of sp³-hybridized carbons (Fsp3) is 0.188. The normalized spacial score (nSPS) is 10.5. The molecule has 0 heterocycles. The summed E-state index contributed by atoms with van der Waals surface area (Å²) in [6, 6.07) is 8.55. The number of ether oxygens (including phenoxy) is 1. The van der Waals surface area contributed by atoms with E-state index in [9.17, 15) is 4.79 Å². The smallest absolute Gasteiger partial charge is 0.303 e. The Bertz CT molecular complexity index is 714. The van der Waals surface area contributed by atoms with Crippen LogP contribution in [-0.4, -0.2) is 18.2 Å². The molecular weight excluding hydrogens is 347 g/mol. The fourth-order valence-corrected chi connectivity index (χ4v) is 2.78. The van der Waals surface area contributed by atoms with Crippen molar-refractivity contribution in [3.63, 3.8) is 0 Å². The fourth-order valence-electron chi connectivity index (χ4n) is 2.14. The quantitative estimate of drug-likeness (QED) is 0.784.